The zero-order chi connectivity index (χ0) is 25.2. The average Bonchev–Trinajstić information content (AvgIpc) is 2.91. The number of methoxy groups -OCH3 is 1. The van der Waals surface area contributed by atoms with Gasteiger partial charge < -0.3 is 24.3 Å². The Kier molecular flexibility index (Phi) is 9.07. The van der Waals surface area contributed by atoms with Gasteiger partial charge in [0, 0.05) is 42.9 Å². The van der Waals surface area contributed by atoms with E-state index in [4.69, 9.17) is 18.9 Å². The Morgan fingerprint density at radius 2 is 1.94 bits per heavy atom. The van der Waals surface area contributed by atoms with Gasteiger partial charge in [0.25, 0.3) is 0 Å². The third-order valence-electron chi connectivity index (χ3n) is 5.77. The molecule has 1 aromatic heterocycles. The molecule has 1 saturated heterocycles. The normalized spacial score (nSPS) is 14.2. The van der Waals surface area contributed by atoms with Crippen LogP contribution in [0.15, 0.2) is 48.8 Å². The van der Waals surface area contributed by atoms with Gasteiger partial charge in [-0.15, -0.1) is 0 Å². The van der Waals surface area contributed by atoms with Crippen molar-refractivity contribution in [3.05, 3.63) is 54.4 Å². The number of benzene rings is 2. The third kappa shape index (κ3) is 6.93. The maximum Gasteiger partial charge on any atom is 0.330 e. The number of hydrogen-bond donors (Lipinski definition) is 1. The molecule has 1 aliphatic heterocycles. The molecular formula is C27H32N4O5. The van der Waals surface area contributed by atoms with Gasteiger partial charge in [-0.05, 0) is 43.2 Å². The van der Waals surface area contributed by atoms with Gasteiger partial charge in [0.15, 0.2) is 11.5 Å². The predicted octanol–water partition coefficient (Wildman–Crippen LogP) is 4.06. The molecule has 0 atom stereocenters. The van der Waals surface area contributed by atoms with Crippen molar-refractivity contribution in [2.75, 3.05) is 58.5 Å². The highest BCUT2D eigenvalue weighted by atomic mass is 16.5. The lowest BCUT2D eigenvalue weighted by atomic mass is 10.1. The van der Waals surface area contributed by atoms with E-state index in [9.17, 15) is 4.79 Å². The Hall–Kier alpha value is -3.69. The maximum atomic E-state index is 11.5. The number of rotatable bonds is 11. The molecule has 4 rings (SSSR count). The molecule has 36 heavy (non-hydrogen) atoms. The molecule has 0 radical (unpaired) electrons. The molecule has 190 valence electrons. The number of morpholine rings is 1. The van der Waals surface area contributed by atoms with E-state index in [0.29, 0.717) is 30.5 Å². The Bertz CT molecular complexity index is 1180. The highest BCUT2D eigenvalue weighted by molar-refractivity contribution is 5.93. The molecule has 0 amide bonds. The summed E-state index contributed by atoms with van der Waals surface area (Å²) in [5.41, 5.74) is 2.49. The minimum atomic E-state index is -0.360. The Morgan fingerprint density at radius 1 is 1.14 bits per heavy atom. The van der Waals surface area contributed by atoms with E-state index in [0.717, 1.165) is 61.4 Å². The lowest BCUT2D eigenvalue weighted by Crippen LogP contribution is -2.37. The summed E-state index contributed by atoms with van der Waals surface area (Å²) >= 11 is 0. The first-order valence-electron chi connectivity index (χ1n) is 12.1. The Labute approximate surface area is 211 Å². The fraction of sp³-hybridized carbons (Fsp3) is 0.370. The van der Waals surface area contributed by atoms with E-state index < -0.39 is 0 Å². The van der Waals surface area contributed by atoms with Crippen molar-refractivity contribution < 1.29 is 23.7 Å². The van der Waals surface area contributed by atoms with Gasteiger partial charge in [0.2, 0.25) is 0 Å². The zero-order valence-electron chi connectivity index (χ0n) is 20.7. The Morgan fingerprint density at radius 3 is 2.69 bits per heavy atom. The van der Waals surface area contributed by atoms with Gasteiger partial charge >= 0.3 is 5.97 Å². The van der Waals surface area contributed by atoms with E-state index in [1.807, 2.05) is 36.4 Å². The number of anilines is 2. The zero-order valence-corrected chi connectivity index (χ0v) is 20.7. The van der Waals surface area contributed by atoms with Crippen LogP contribution >= 0.6 is 0 Å². The third-order valence-corrected chi connectivity index (χ3v) is 5.77. The van der Waals surface area contributed by atoms with Crippen molar-refractivity contribution >= 4 is 34.5 Å². The predicted molar refractivity (Wildman–Crippen MR) is 139 cm³/mol. The lowest BCUT2D eigenvalue weighted by Gasteiger charge is -2.26. The second kappa shape index (κ2) is 12.9. The smallest absolute Gasteiger partial charge is 0.330 e. The summed E-state index contributed by atoms with van der Waals surface area (Å²) < 4.78 is 22.0. The van der Waals surface area contributed by atoms with Gasteiger partial charge in [-0.25, -0.2) is 14.8 Å². The fourth-order valence-corrected chi connectivity index (χ4v) is 3.90. The molecule has 1 N–H and O–H groups in total. The quantitative estimate of drug-likeness (QED) is 0.242. The van der Waals surface area contributed by atoms with E-state index in [2.05, 4.69) is 20.2 Å². The molecule has 2 aromatic carbocycles. The van der Waals surface area contributed by atoms with Crippen LogP contribution in [0, 0.1) is 0 Å². The summed E-state index contributed by atoms with van der Waals surface area (Å²) in [6.07, 6.45) is 5.58. The summed E-state index contributed by atoms with van der Waals surface area (Å²) in [7, 11) is 1.63. The first-order valence-corrected chi connectivity index (χ1v) is 12.1. The number of nitrogens with zero attached hydrogens (tertiary/aromatic N) is 3. The molecule has 1 fully saturated rings. The molecule has 9 nitrogen and oxygen atoms in total. The van der Waals surface area contributed by atoms with Crippen LogP contribution in [0.2, 0.25) is 0 Å². The minimum Gasteiger partial charge on any atom is -0.493 e. The molecule has 0 aliphatic carbocycles. The number of aromatic nitrogens is 2. The molecule has 9 heteroatoms. The van der Waals surface area contributed by atoms with Gasteiger partial charge in [0.05, 0.1) is 39.1 Å². The van der Waals surface area contributed by atoms with Crippen molar-refractivity contribution in [1.82, 2.24) is 14.9 Å². The van der Waals surface area contributed by atoms with E-state index >= 15 is 0 Å². The molecule has 0 saturated carbocycles. The van der Waals surface area contributed by atoms with Crippen LogP contribution < -0.4 is 14.8 Å². The highest BCUT2D eigenvalue weighted by Crippen LogP contribution is 2.34. The van der Waals surface area contributed by atoms with Crippen LogP contribution in [0.1, 0.15) is 18.9 Å². The van der Waals surface area contributed by atoms with Crippen LogP contribution in [-0.2, 0) is 14.3 Å². The second-order valence-electron chi connectivity index (χ2n) is 8.23. The van der Waals surface area contributed by atoms with Crippen LogP contribution in [0.3, 0.4) is 0 Å². The van der Waals surface area contributed by atoms with Crippen molar-refractivity contribution in [1.29, 1.82) is 0 Å². The van der Waals surface area contributed by atoms with Gasteiger partial charge in [-0.1, -0.05) is 12.1 Å². The SMILES string of the molecule is CCOC(=O)/C=C/c1ccc(Nc2ncnc3cc(OCCCN4CCOCC4)c(OC)cc23)cc1. The topological polar surface area (TPSA) is 95.0 Å². The number of ether oxygens (including phenoxy) is 4. The summed E-state index contributed by atoms with van der Waals surface area (Å²) in [5.74, 6) is 1.59. The molecule has 0 spiro atoms. The van der Waals surface area contributed by atoms with Crippen molar-refractivity contribution in [3.63, 3.8) is 0 Å². The maximum absolute atomic E-state index is 11.5. The van der Waals surface area contributed by atoms with E-state index in [-0.39, 0.29) is 5.97 Å². The van der Waals surface area contributed by atoms with Gasteiger partial charge in [0.1, 0.15) is 12.1 Å². The van der Waals surface area contributed by atoms with Crippen molar-refractivity contribution in [3.8, 4) is 11.5 Å². The number of carbonyl (C=O) groups excluding carboxylic acids is 1. The number of nitrogens with one attached hydrogen (secondary N) is 1. The number of esters is 1. The highest BCUT2D eigenvalue weighted by Gasteiger charge is 2.13. The summed E-state index contributed by atoms with van der Waals surface area (Å²) in [5, 5.41) is 4.16. The molecule has 1 aliphatic rings. The van der Waals surface area contributed by atoms with Crippen molar-refractivity contribution in [2.45, 2.75) is 13.3 Å². The van der Waals surface area contributed by atoms with Crippen LogP contribution in [0.25, 0.3) is 17.0 Å². The van der Waals surface area contributed by atoms with E-state index in [1.54, 1.807) is 20.1 Å². The van der Waals surface area contributed by atoms with E-state index in [1.165, 1.54) is 12.4 Å². The summed E-state index contributed by atoms with van der Waals surface area (Å²) in [4.78, 5) is 22.7. The molecule has 2 heterocycles. The molecule has 0 unspecified atom stereocenters. The second-order valence-corrected chi connectivity index (χ2v) is 8.23. The molecular weight excluding hydrogens is 460 g/mol. The summed E-state index contributed by atoms with van der Waals surface area (Å²) in [6.45, 7) is 7.24. The fourth-order valence-electron chi connectivity index (χ4n) is 3.90. The van der Waals surface area contributed by atoms with Crippen LogP contribution in [0.5, 0.6) is 11.5 Å². The lowest BCUT2D eigenvalue weighted by molar-refractivity contribution is -0.137. The number of carbonyl (C=O) groups is 1. The van der Waals surface area contributed by atoms with Crippen LogP contribution in [-0.4, -0.2) is 74.0 Å². The minimum absolute atomic E-state index is 0.353. The average molecular weight is 493 g/mol. The molecule has 0 bridgehead atoms. The monoisotopic (exact) mass is 492 g/mol. The van der Waals surface area contributed by atoms with Gasteiger partial charge in [-0.2, -0.15) is 0 Å². The first kappa shape index (κ1) is 25.4. The number of hydrogen-bond acceptors (Lipinski definition) is 9. The standard InChI is InChI=1S/C27H32N4O5/c1-3-35-26(32)10-7-20-5-8-21(9-6-20)30-27-22-17-24(33-2)25(18-23(22)28-19-29-27)36-14-4-11-31-12-15-34-16-13-31/h5-10,17-19H,3-4,11-16H2,1-2H3,(H,28,29,30)/b10-7+. The van der Waals surface area contributed by atoms with Crippen LogP contribution in [0.4, 0.5) is 11.5 Å². The largest absolute Gasteiger partial charge is 0.493 e. The van der Waals surface area contributed by atoms with Crippen molar-refractivity contribution in [2.24, 2.45) is 0 Å². The first-order chi connectivity index (χ1) is 17.7. The summed E-state index contributed by atoms with van der Waals surface area (Å²) in [6, 6.07) is 11.4. The van der Waals surface area contributed by atoms with Gasteiger partial charge in [-0.3, -0.25) is 4.90 Å². The molecule has 3 aromatic rings. The Balaban J connectivity index is 1.42. The number of fused-ring (bicyclic) bond motifs is 1.